The van der Waals surface area contributed by atoms with E-state index in [-0.39, 0.29) is 0 Å². The van der Waals surface area contributed by atoms with E-state index in [2.05, 4.69) is 32.4 Å². The maximum absolute atomic E-state index is 6.00. The molecule has 0 radical (unpaired) electrons. The Morgan fingerprint density at radius 3 is 2.86 bits per heavy atom. The Balaban J connectivity index is 2.82. The zero-order chi connectivity index (χ0) is 10.3. The summed E-state index contributed by atoms with van der Waals surface area (Å²) < 4.78 is 3.08. The van der Waals surface area contributed by atoms with Crippen LogP contribution in [0.1, 0.15) is 12.7 Å². The van der Waals surface area contributed by atoms with Gasteiger partial charge in [0.05, 0.1) is 16.1 Å². The minimum absolute atomic E-state index is 0.707. The summed E-state index contributed by atoms with van der Waals surface area (Å²) in [6, 6.07) is 3.90. The number of imidazole rings is 1. The zero-order valence-corrected chi connectivity index (χ0v) is 10.4. The van der Waals surface area contributed by atoms with Crippen molar-refractivity contribution in [2.75, 3.05) is 0 Å². The number of hydrogen-bond acceptors (Lipinski definition) is 1. The molecule has 2 rings (SSSR count). The van der Waals surface area contributed by atoms with Gasteiger partial charge in [0.25, 0.3) is 0 Å². The molecule has 1 heterocycles. The average Bonchev–Trinajstić information content (AvgIpc) is 2.42. The Kier molecular flexibility index (Phi) is 2.54. The van der Waals surface area contributed by atoms with Gasteiger partial charge < -0.3 is 4.57 Å². The fourth-order valence-electron chi connectivity index (χ4n) is 1.64. The van der Waals surface area contributed by atoms with E-state index >= 15 is 0 Å². The van der Waals surface area contributed by atoms with Crippen LogP contribution in [0.5, 0.6) is 0 Å². The molecular formula is C10H10BrClN2. The Bertz CT molecular complexity index is 490. The van der Waals surface area contributed by atoms with Gasteiger partial charge in [-0.25, -0.2) is 4.98 Å². The molecule has 0 aliphatic rings. The highest BCUT2D eigenvalue weighted by Gasteiger charge is 2.08. The van der Waals surface area contributed by atoms with Gasteiger partial charge in [0.2, 0.25) is 0 Å². The lowest BCUT2D eigenvalue weighted by Gasteiger charge is -2.02. The van der Waals surface area contributed by atoms with E-state index in [1.165, 1.54) is 0 Å². The van der Waals surface area contributed by atoms with Crippen molar-refractivity contribution in [3.63, 3.8) is 0 Å². The van der Waals surface area contributed by atoms with E-state index in [1.54, 1.807) is 0 Å². The highest BCUT2D eigenvalue weighted by atomic mass is 79.9. The van der Waals surface area contributed by atoms with Crippen LogP contribution in [0.25, 0.3) is 11.0 Å². The van der Waals surface area contributed by atoms with Gasteiger partial charge in [-0.1, -0.05) is 11.6 Å². The van der Waals surface area contributed by atoms with Crippen LogP contribution in [0.15, 0.2) is 16.6 Å². The third kappa shape index (κ3) is 1.44. The van der Waals surface area contributed by atoms with E-state index in [1.807, 2.05) is 19.1 Å². The van der Waals surface area contributed by atoms with Crippen LogP contribution in [-0.4, -0.2) is 9.55 Å². The molecule has 0 fully saturated rings. The topological polar surface area (TPSA) is 17.8 Å². The quantitative estimate of drug-likeness (QED) is 0.773. The fraction of sp³-hybridized carbons (Fsp3) is 0.300. The highest BCUT2D eigenvalue weighted by Crippen LogP contribution is 2.28. The van der Waals surface area contributed by atoms with E-state index in [9.17, 15) is 0 Å². The second kappa shape index (κ2) is 3.55. The molecule has 1 aromatic carbocycles. The molecule has 0 unspecified atom stereocenters. The summed E-state index contributed by atoms with van der Waals surface area (Å²) in [6.45, 7) is 5.04. The van der Waals surface area contributed by atoms with Crippen molar-refractivity contribution < 1.29 is 0 Å². The molecule has 0 amide bonds. The lowest BCUT2D eigenvalue weighted by atomic mass is 10.3. The molecule has 0 N–H and O–H groups in total. The first kappa shape index (κ1) is 9.99. The SMILES string of the molecule is CCn1c(C)nc2cc(Cl)c(Br)cc21. The van der Waals surface area contributed by atoms with E-state index in [4.69, 9.17) is 11.6 Å². The Labute approximate surface area is 96.0 Å². The third-order valence-electron chi connectivity index (χ3n) is 2.30. The Hall–Kier alpha value is -0.540. The van der Waals surface area contributed by atoms with Gasteiger partial charge >= 0.3 is 0 Å². The summed E-state index contributed by atoms with van der Waals surface area (Å²) in [5.74, 6) is 1.02. The molecule has 1 aromatic heterocycles. The van der Waals surface area contributed by atoms with Gasteiger partial charge in [-0.3, -0.25) is 0 Å². The van der Waals surface area contributed by atoms with Crippen molar-refractivity contribution in [1.82, 2.24) is 9.55 Å². The number of fused-ring (bicyclic) bond motifs is 1. The van der Waals surface area contributed by atoms with Crippen LogP contribution < -0.4 is 0 Å². The standard InChI is InChI=1S/C10H10BrClN2/c1-3-14-6(2)13-9-5-8(12)7(11)4-10(9)14/h4-5H,3H2,1-2H3. The number of hydrogen-bond donors (Lipinski definition) is 0. The van der Waals surface area contributed by atoms with E-state index in [0.717, 1.165) is 27.9 Å². The van der Waals surface area contributed by atoms with Crippen LogP contribution >= 0.6 is 27.5 Å². The largest absolute Gasteiger partial charge is 0.328 e. The van der Waals surface area contributed by atoms with Gasteiger partial charge in [-0.05, 0) is 41.9 Å². The van der Waals surface area contributed by atoms with Crippen LogP contribution in [0.2, 0.25) is 5.02 Å². The number of halogens is 2. The first-order valence-electron chi connectivity index (χ1n) is 4.45. The number of aryl methyl sites for hydroxylation is 2. The molecule has 74 valence electrons. The number of benzene rings is 1. The molecule has 4 heteroatoms. The minimum Gasteiger partial charge on any atom is -0.328 e. The Morgan fingerprint density at radius 1 is 1.50 bits per heavy atom. The molecule has 0 saturated carbocycles. The van der Waals surface area contributed by atoms with Crippen LogP contribution in [0.3, 0.4) is 0 Å². The van der Waals surface area contributed by atoms with Gasteiger partial charge in [-0.2, -0.15) is 0 Å². The van der Waals surface area contributed by atoms with Gasteiger partial charge in [-0.15, -0.1) is 0 Å². The molecule has 14 heavy (non-hydrogen) atoms. The first-order chi connectivity index (χ1) is 6.63. The van der Waals surface area contributed by atoms with E-state index < -0.39 is 0 Å². The fourth-order valence-corrected chi connectivity index (χ4v) is 2.13. The monoisotopic (exact) mass is 272 g/mol. The average molecular weight is 274 g/mol. The number of nitrogens with zero attached hydrogens (tertiary/aromatic N) is 2. The lowest BCUT2D eigenvalue weighted by Crippen LogP contribution is -1.96. The van der Waals surface area contributed by atoms with Gasteiger partial charge in [0, 0.05) is 11.0 Å². The molecule has 0 saturated heterocycles. The molecule has 0 aliphatic carbocycles. The second-order valence-corrected chi connectivity index (χ2v) is 4.42. The van der Waals surface area contributed by atoms with Crippen LogP contribution in [-0.2, 0) is 6.54 Å². The van der Waals surface area contributed by atoms with Crippen molar-refractivity contribution >= 4 is 38.6 Å². The minimum atomic E-state index is 0.707. The molecular weight excluding hydrogens is 263 g/mol. The summed E-state index contributed by atoms with van der Waals surface area (Å²) >= 11 is 9.41. The van der Waals surface area contributed by atoms with E-state index in [0.29, 0.717) is 5.02 Å². The predicted octanol–water partition coefficient (Wildman–Crippen LogP) is 3.78. The summed E-state index contributed by atoms with van der Waals surface area (Å²) in [5, 5.41) is 0.707. The maximum atomic E-state index is 6.00. The van der Waals surface area contributed by atoms with Crippen LogP contribution in [0, 0.1) is 6.92 Å². The Morgan fingerprint density at radius 2 is 2.21 bits per heavy atom. The zero-order valence-electron chi connectivity index (χ0n) is 8.01. The highest BCUT2D eigenvalue weighted by molar-refractivity contribution is 9.10. The molecule has 2 nitrogen and oxygen atoms in total. The normalized spacial score (nSPS) is 11.1. The van der Waals surface area contributed by atoms with Gasteiger partial charge in [0.15, 0.2) is 0 Å². The summed E-state index contributed by atoms with van der Waals surface area (Å²) in [5.41, 5.74) is 2.08. The third-order valence-corrected chi connectivity index (χ3v) is 3.49. The predicted molar refractivity (Wildman–Crippen MR) is 62.9 cm³/mol. The molecule has 0 atom stereocenters. The number of rotatable bonds is 1. The summed E-state index contributed by atoms with van der Waals surface area (Å²) in [6.07, 6.45) is 0. The van der Waals surface area contributed by atoms with Crippen molar-refractivity contribution in [1.29, 1.82) is 0 Å². The molecule has 0 bridgehead atoms. The second-order valence-electron chi connectivity index (χ2n) is 3.16. The van der Waals surface area contributed by atoms with Gasteiger partial charge in [0.1, 0.15) is 5.82 Å². The summed E-state index contributed by atoms with van der Waals surface area (Å²) in [4.78, 5) is 4.44. The van der Waals surface area contributed by atoms with Crippen molar-refractivity contribution in [2.24, 2.45) is 0 Å². The van der Waals surface area contributed by atoms with Crippen molar-refractivity contribution in [3.05, 3.63) is 27.5 Å². The first-order valence-corrected chi connectivity index (χ1v) is 5.62. The number of aromatic nitrogens is 2. The van der Waals surface area contributed by atoms with Crippen LogP contribution in [0.4, 0.5) is 0 Å². The van der Waals surface area contributed by atoms with Crippen molar-refractivity contribution in [2.45, 2.75) is 20.4 Å². The lowest BCUT2D eigenvalue weighted by molar-refractivity contribution is 0.753. The molecule has 2 aromatic rings. The molecule has 0 spiro atoms. The van der Waals surface area contributed by atoms with Crippen molar-refractivity contribution in [3.8, 4) is 0 Å². The smallest absolute Gasteiger partial charge is 0.106 e. The maximum Gasteiger partial charge on any atom is 0.106 e. The summed E-state index contributed by atoms with van der Waals surface area (Å²) in [7, 11) is 0. The molecule has 0 aliphatic heterocycles.